The van der Waals surface area contributed by atoms with E-state index in [2.05, 4.69) is 31.4 Å². The number of carbonyl (C=O) groups is 3. The van der Waals surface area contributed by atoms with Gasteiger partial charge in [-0.25, -0.2) is 0 Å². The average molecular weight is 316 g/mol. The summed E-state index contributed by atoms with van der Waals surface area (Å²) in [6.07, 6.45) is 0.536. The summed E-state index contributed by atoms with van der Waals surface area (Å²) in [7, 11) is 0. The van der Waals surface area contributed by atoms with Crippen LogP contribution >= 0.6 is 0 Å². The lowest BCUT2D eigenvalue weighted by atomic mass is 10.2. The monoisotopic (exact) mass is 316 g/mol. The number of epoxide rings is 1. The fraction of sp³-hybridized carbons (Fsp3) is 0.800. The van der Waals surface area contributed by atoms with Gasteiger partial charge in [-0.05, 0) is 12.3 Å². The molecule has 1 fully saturated rings. The molecule has 0 bridgehead atoms. The predicted octanol–water partition coefficient (Wildman–Crippen LogP) is 0.0100. The van der Waals surface area contributed by atoms with Crippen LogP contribution in [-0.2, 0) is 19.1 Å². The van der Waals surface area contributed by atoms with E-state index in [0.29, 0.717) is 19.4 Å². The van der Waals surface area contributed by atoms with Crippen LogP contribution < -0.4 is 10.6 Å². The van der Waals surface area contributed by atoms with Gasteiger partial charge in [-0.1, -0.05) is 27.7 Å². The molecule has 7 nitrogen and oxygen atoms in total. The van der Waals surface area contributed by atoms with Gasteiger partial charge in [0.1, 0.15) is 12.1 Å². The standard InChI is InChI=1S/C11H18N2O5.C4H10/c1-2-3-10(16)13-7(5-14)11(17)12-4-8(15)9-6-18-9;1-4(2)3/h7,9,14H,2-6H2,1H3,(H,12,17)(H,13,16);4H,1-3H3. The summed E-state index contributed by atoms with van der Waals surface area (Å²) in [5.41, 5.74) is 0. The van der Waals surface area contributed by atoms with Crippen LogP contribution in [-0.4, -0.2) is 54.6 Å². The van der Waals surface area contributed by atoms with Gasteiger partial charge in [-0.3, -0.25) is 14.4 Å². The third-order valence-electron chi connectivity index (χ3n) is 2.44. The van der Waals surface area contributed by atoms with Crippen molar-refractivity contribution >= 4 is 17.6 Å². The summed E-state index contributed by atoms with van der Waals surface area (Å²) in [6, 6.07) is -1.02. The topological polar surface area (TPSA) is 108 Å². The fourth-order valence-electron chi connectivity index (χ4n) is 1.33. The number of rotatable bonds is 8. The Hall–Kier alpha value is -1.47. The van der Waals surface area contributed by atoms with Gasteiger partial charge < -0.3 is 20.5 Å². The van der Waals surface area contributed by atoms with E-state index in [1.807, 2.05) is 6.92 Å². The number of aliphatic hydroxyl groups excluding tert-OH is 1. The van der Waals surface area contributed by atoms with Gasteiger partial charge in [0.15, 0.2) is 5.78 Å². The first-order valence-corrected chi connectivity index (χ1v) is 7.64. The number of amides is 2. The highest BCUT2D eigenvalue weighted by Gasteiger charge is 2.31. The maximum Gasteiger partial charge on any atom is 0.245 e. The van der Waals surface area contributed by atoms with Crippen LogP contribution in [0.25, 0.3) is 0 Å². The Kier molecular flexibility index (Phi) is 10.4. The highest BCUT2D eigenvalue weighted by Crippen LogP contribution is 2.08. The number of ether oxygens (including phenoxy) is 1. The van der Waals surface area contributed by atoms with Gasteiger partial charge in [0.25, 0.3) is 0 Å². The minimum atomic E-state index is -1.02. The molecule has 0 saturated carbocycles. The molecule has 1 saturated heterocycles. The molecule has 2 atom stereocenters. The van der Waals surface area contributed by atoms with Gasteiger partial charge in [0.2, 0.25) is 11.8 Å². The van der Waals surface area contributed by atoms with Crippen molar-refractivity contribution in [1.29, 1.82) is 0 Å². The normalized spacial score (nSPS) is 17.1. The minimum Gasteiger partial charge on any atom is -0.394 e. The fourth-order valence-corrected chi connectivity index (χ4v) is 1.33. The third kappa shape index (κ3) is 10.3. The first-order chi connectivity index (χ1) is 10.3. The van der Waals surface area contributed by atoms with Crippen molar-refractivity contribution in [3.05, 3.63) is 0 Å². The summed E-state index contributed by atoms with van der Waals surface area (Å²) >= 11 is 0. The molecule has 128 valence electrons. The highest BCUT2D eigenvalue weighted by atomic mass is 16.6. The number of hydrogen-bond acceptors (Lipinski definition) is 5. The molecule has 1 rings (SSSR count). The second-order valence-corrected chi connectivity index (χ2v) is 5.79. The summed E-state index contributed by atoms with van der Waals surface area (Å²) in [5.74, 6) is -0.251. The Morgan fingerprint density at radius 2 is 1.82 bits per heavy atom. The molecule has 0 aromatic rings. The van der Waals surface area contributed by atoms with Crippen molar-refractivity contribution in [2.24, 2.45) is 5.92 Å². The number of carbonyl (C=O) groups excluding carboxylic acids is 3. The lowest BCUT2D eigenvalue weighted by Crippen LogP contribution is -2.50. The van der Waals surface area contributed by atoms with E-state index in [1.165, 1.54) is 0 Å². The molecular weight excluding hydrogens is 288 g/mol. The molecule has 3 N–H and O–H groups in total. The molecule has 7 heteroatoms. The lowest BCUT2D eigenvalue weighted by molar-refractivity contribution is -0.131. The van der Waals surface area contributed by atoms with Crippen LogP contribution in [0.4, 0.5) is 0 Å². The smallest absolute Gasteiger partial charge is 0.245 e. The van der Waals surface area contributed by atoms with Gasteiger partial charge in [0.05, 0.1) is 19.8 Å². The summed E-state index contributed by atoms with van der Waals surface area (Å²) in [4.78, 5) is 34.1. The van der Waals surface area contributed by atoms with E-state index < -0.39 is 24.7 Å². The van der Waals surface area contributed by atoms with Crippen molar-refractivity contribution in [2.45, 2.75) is 52.7 Å². The summed E-state index contributed by atoms with van der Waals surface area (Å²) in [6.45, 7) is 8.08. The number of nitrogens with one attached hydrogen (secondary N) is 2. The quantitative estimate of drug-likeness (QED) is 0.547. The first kappa shape index (κ1) is 20.5. The van der Waals surface area contributed by atoms with Crippen LogP contribution in [0.3, 0.4) is 0 Å². The van der Waals surface area contributed by atoms with E-state index in [1.54, 1.807) is 0 Å². The van der Waals surface area contributed by atoms with E-state index >= 15 is 0 Å². The van der Waals surface area contributed by atoms with Gasteiger partial charge in [-0.2, -0.15) is 0 Å². The third-order valence-corrected chi connectivity index (χ3v) is 2.44. The lowest BCUT2D eigenvalue weighted by Gasteiger charge is -2.15. The maximum absolute atomic E-state index is 11.6. The largest absolute Gasteiger partial charge is 0.394 e. The maximum atomic E-state index is 11.6. The predicted molar refractivity (Wildman–Crippen MR) is 82.2 cm³/mol. The van der Waals surface area contributed by atoms with E-state index in [4.69, 9.17) is 9.84 Å². The average Bonchev–Trinajstić information content (AvgIpc) is 3.26. The number of hydrogen-bond donors (Lipinski definition) is 3. The summed E-state index contributed by atoms with van der Waals surface area (Å²) < 4.78 is 4.77. The number of aliphatic hydroxyl groups is 1. The summed E-state index contributed by atoms with van der Waals surface area (Å²) in [5, 5.41) is 13.8. The molecule has 0 aromatic carbocycles. The second kappa shape index (κ2) is 11.1. The van der Waals surface area contributed by atoms with E-state index in [0.717, 1.165) is 5.92 Å². The molecule has 22 heavy (non-hydrogen) atoms. The second-order valence-electron chi connectivity index (χ2n) is 5.79. The SMILES string of the molecule is CC(C)C.CCCC(=O)NC(CO)C(=O)NCC(=O)C1CO1. The molecule has 0 aromatic heterocycles. The van der Waals surface area contributed by atoms with Crippen molar-refractivity contribution in [3.8, 4) is 0 Å². The molecular formula is C15H28N2O5. The molecule has 0 radical (unpaired) electrons. The molecule has 2 unspecified atom stereocenters. The van der Waals surface area contributed by atoms with Gasteiger partial charge in [-0.15, -0.1) is 0 Å². The Bertz CT molecular complexity index is 364. The zero-order chi connectivity index (χ0) is 17.1. The highest BCUT2D eigenvalue weighted by molar-refractivity contribution is 5.93. The van der Waals surface area contributed by atoms with Gasteiger partial charge in [0, 0.05) is 6.42 Å². The Morgan fingerprint density at radius 1 is 1.27 bits per heavy atom. The van der Waals surface area contributed by atoms with Crippen LogP contribution in [0.1, 0.15) is 40.5 Å². The Labute approximate surface area is 131 Å². The van der Waals surface area contributed by atoms with Crippen LogP contribution in [0.5, 0.6) is 0 Å². The van der Waals surface area contributed by atoms with Crippen LogP contribution in [0, 0.1) is 5.92 Å². The minimum absolute atomic E-state index is 0.149. The first-order valence-electron chi connectivity index (χ1n) is 7.64. The Morgan fingerprint density at radius 3 is 2.23 bits per heavy atom. The van der Waals surface area contributed by atoms with Crippen molar-refractivity contribution in [3.63, 3.8) is 0 Å². The van der Waals surface area contributed by atoms with Crippen LogP contribution in [0.2, 0.25) is 0 Å². The molecule has 2 amide bonds. The molecule has 0 aliphatic carbocycles. The zero-order valence-corrected chi connectivity index (χ0v) is 13.8. The van der Waals surface area contributed by atoms with E-state index in [9.17, 15) is 14.4 Å². The number of Topliss-reactive ketones (excluding diaryl/α,β-unsaturated/α-hetero) is 1. The van der Waals surface area contributed by atoms with Crippen molar-refractivity contribution < 1.29 is 24.2 Å². The zero-order valence-electron chi connectivity index (χ0n) is 13.8. The molecule has 1 aliphatic heterocycles. The molecule has 0 spiro atoms. The van der Waals surface area contributed by atoms with Crippen molar-refractivity contribution in [2.75, 3.05) is 19.8 Å². The molecule has 1 heterocycles. The van der Waals surface area contributed by atoms with E-state index in [-0.39, 0.29) is 18.2 Å². The van der Waals surface area contributed by atoms with Crippen LogP contribution in [0.15, 0.2) is 0 Å². The van der Waals surface area contributed by atoms with Gasteiger partial charge >= 0.3 is 0 Å². The number of ketones is 1. The molecule has 1 aliphatic rings. The Balaban J connectivity index is 0.000000980. The van der Waals surface area contributed by atoms with Crippen molar-refractivity contribution in [1.82, 2.24) is 10.6 Å².